The van der Waals surface area contributed by atoms with Crippen molar-refractivity contribution in [2.24, 2.45) is 0 Å². The van der Waals surface area contributed by atoms with E-state index in [1.165, 1.54) is 0 Å². The van der Waals surface area contributed by atoms with Gasteiger partial charge < -0.3 is 10.1 Å². The molecule has 1 saturated carbocycles. The van der Waals surface area contributed by atoms with Gasteiger partial charge in [-0.2, -0.15) is 0 Å². The second kappa shape index (κ2) is 4.56. The smallest absolute Gasteiger partial charge is 0.407 e. The van der Waals surface area contributed by atoms with Crippen LogP contribution in [0.15, 0.2) is 30.3 Å². The van der Waals surface area contributed by atoms with Crippen molar-refractivity contribution < 1.29 is 9.53 Å². The van der Waals surface area contributed by atoms with Crippen LogP contribution in [0.3, 0.4) is 0 Å². The summed E-state index contributed by atoms with van der Waals surface area (Å²) in [5, 5.41) is 2.93. The fourth-order valence-electron chi connectivity index (χ4n) is 1.69. The molecule has 1 aromatic rings. The number of alkyl carbamates (subject to hydrolysis) is 1. The summed E-state index contributed by atoms with van der Waals surface area (Å²) in [6.07, 6.45) is 2.82. The van der Waals surface area contributed by atoms with Gasteiger partial charge in [0.15, 0.2) is 0 Å². The number of benzene rings is 1. The maximum absolute atomic E-state index is 11.5. The molecule has 1 aromatic carbocycles. The molecule has 0 bridgehead atoms. The van der Waals surface area contributed by atoms with Crippen LogP contribution in [-0.2, 0) is 11.3 Å². The quantitative estimate of drug-likeness (QED) is 0.845. The monoisotopic (exact) mass is 219 g/mol. The van der Waals surface area contributed by atoms with Crippen LogP contribution in [0, 0.1) is 0 Å². The summed E-state index contributed by atoms with van der Waals surface area (Å²) in [5.41, 5.74) is 1.05. The summed E-state index contributed by atoms with van der Waals surface area (Å²) in [6.45, 7) is 2.43. The number of ether oxygens (including phenoxy) is 1. The average molecular weight is 219 g/mol. The van der Waals surface area contributed by atoms with E-state index in [1.54, 1.807) is 0 Å². The zero-order chi connectivity index (χ0) is 11.4. The third kappa shape index (κ3) is 2.75. The van der Waals surface area contributed by atoms with Crippen LogP contribution in [-0.4, -0.2) is 11.6 Å². The Morgan fingerprint density at radius 3 is 2.62 bits per heavy atom. The van der Waals surface area contributed by atoms with Crippen LogP contribution in [0.2, 0.25) is 0 Å². The second-order valence-electron chi connectivity index (χ2n) is 4.32. The van der Waals surface area contributed by atoms with Gasteiger partial charge in [0.25, 0.3) is 0 Å². The van der Waals surface area contributed by atoms with Crippen molar-refractivity contribution in [1.29, 1.82) is 0 Å². The first-order chi connectivity index (χ1) is 7.74. The van der Waals surface area contributed by atoms with Crippen molar-refractivity contribution in [1.82, 2.24) is 5.32 Å². The summed E-state index contributed by atoms with van der Waals surface area (Å²) in [6, 6.07) is 9.70. The molecular weight excluding hydrogens is 202 g/mol. The minimum atomic E-state index is -0.303. The van der Waals surface area contributed by atoms with Gasteiger partial charge in [-0.15, -0.1) is 0 Å². The highest BCUT2D eigenvalue weighted by molar-refractivity contribution is 5.68. The summed E-state index contributed by atoms with van der Waals surface area (Å²) in [5.74, 6) is 0. The van der Waals surface area contributed by atoms with Crippen LogP contribution < -0.4 is 5.32 Å². The van der Waals surface area contributed by atoms with Crippen LogP contribution in [0.25, 0.3) is 0 Å². The Morgan fingerprint density at radius 1 is 1.38 bits per heavy atom. The van der Waals surface area contributed by atoms with Gasteiger partial charge in [0, 0.05) is 5.54 Å². The van der Waals surface area contributed by atoms with Crippen molar-refractivity contribution in [3.63, 3.8) is 0 Å². The lowest BCUT2D eigenvalue weighted by Crippen LogP contribution is -2.36. The van der Waals surface area contributed by atoms with Gasteiger partial charge in [-0.05, 0) is 24.8 Å². The van der Waals surface area contributed by atoms with E-state index < -0.39 is 0 Å². The molecule has 0 aliphatic heterocycles. The van der Waals surface area contributed by atoms with Gasteiger partial charge in [0.1, 0.15) is 6.61 Å². The molecule has 1 amide bonds. The lowest BCUT2D eigenvalue weighted by Gasteiger charge is -2.14. The molecule has 1 aliphatic rings. The number of amides is 1. The summed E-state index contributed by atoms with van der Waals surface area (Å²) >= 11 is 0. The average Bonchev–Trinajstić information content (AvgIpc) is 3.08. The predicted molar refractivity (Wildman–Crippen MR) is 62.0 cm³/mol. The number of nitrogens with one attached hydrogen (secondary N) is 1. The first-order valence-corrected chi connectivity index (χ1v) is 5.73. The molecule has 0 radical (unpaired) electrons. The number of rotatable bonds is 4. The third-order valence-corrected chi connectivity index (χ3v) is 3.11. The topological polar surface area (TPSA) is 38.3 Å². The molecular formula is C13H17NO2. The van der Waals surface area contributed by atoms with Crippen molar-refractivity contribution in [3.8, 4) is 0 Å². The first-order valence-electron chi connectivity index (χ1n) is 5.73. The van der Waals surface area contributed by atoms with Crippen molar-refractivity contribution in [2.45, 2.75) is 38.3 Å². The van der Waals surface area contributed by atoms with E-state index in [1.807, 2.05) is 30.3 Å². The highest BCUT2D eigenvalue weighted by Gasteiger charge is 2.42. The van der Waals surface area contributed by atoms with Gasteiger partial charge in [0.2, 0.25) is 0 Å². The van der Waals surface area contributed by atoms with E-state index in [0.29, 0.717) is 6.61 Å². The summed E-state index contributed by atoms with van der Waals surface area (Å²) in [7, 11) is 0. The molecule has 2 rings (SSSR count). The standard InChI is InChI=1S/C13H17NO2/c1-2-13(8-9-13)14-12(15)16-10-11-6-4-3-5-7-11/h3-7H,2,8-10H2,1H3,(H,14,15). The number of carbonyl (C=O) groups excluding carboxylic acids is 1. The molecule has 0 saturated heterocycles. The van der Waals surface area contributed by atoms with Gasteiger partial charge in [-0.3, -0.25) is 0 Å². The SMILES string of the molecule is CCC1(NC(=O)OCc2ccccc2)CC1. The predicted octanol–water partition coefficient (Wildman–Crippen LogP) is 2.86. The van der Waals surface area contributed by atoms with Crippen molar-refractivity contribution in [2.75, 3.05) is 0 Å². The van der Waals surface area contributed by atoms with Crippen LogP contribution in [0.5, 0.6) is 0 Å². The zero-order valence-electron chi connectivity index (χ0n) is 9.53. The number of hydrogen-bond acceptors (Lipinski definition) is 2. The van der Waals surface area contributed by atoms with E-state index in [9.17, 15) is 4.79 Å². The molecule has 86 valence electrons. The van der Waals surface area contributed by atoms with E-state index in [2.05, 4.69) is 12.2 Å². The second-order valence-corrected chi connectivity index (χ2v) is 4.32. The minimum Gasteiger partial charge on any atom is -0.445 e. The zero-order valence-corrected chi connectivity index (χ0v) is 9.53. The Balaban J connectivity index is 1.76. The molecule has 1 N–H and O–H groups in total. The fraction of sp³-hybridized carbons (Fsp3) is 0.462. The number of hydrogen-bond donors (Lipinski definition) is 1. The minimum absolute atomic E-state index is 0.0355. The highest BCUT2D eigenvalue weighted by Crippen LogP contribution is 2.38. The Labute approximate surface area is 95.8 Å². The maximum Gasteiger partial charge on any atom is 0.407 e. The molecule has 0 aromatic heterocycles. The Kier molecular flexibility index (Phi) is 3.13. The first kappa shape index (κ1) is 11.0. The van der Waals surface area contributed by atoms with E-state index >= 15 is 0 Å². The van der Waals surface area contributed by atoms with E-state index in [0.717, 1.165) is 24.8 Å². The molecule has 3 heteroatoms. The third-order valence-electron chi connectivity index (χ3n) is 3.11. The molecule has 0 heterocycles. The van der Waals surface area contributed by atoms with Gasteiger partial charge in [-0.25, -0.2) is 4.79 Å². The maximum atomic E-state index is 11.5. The van der Waals surface area contributed by atoms with Gasteiger partial charge >= 0.3 is 6.09 Å². The van der Waals surface area contributed by atoms with E-state index in [-0.39, 0.29) is 11.6 Å². The molecule has 16 heavy (non-hydrogen) atoms. The highest BCUT2D eigenvalue weighted by atomic mass is 16.5. The van der Waals surface area contributed by atoms with Gasteiger partial charge in [-0.1, -0.05) is 37.3 Å². The molecule has 1 fully saturated rings. The van der Waals surface area contributed by atoms with Crippen LogP contribution in [0.4, 0.5) is 4.79 Å². The normalized spacial score (nSPS) is 16.6. The fourth-order valence-corrected chi connectivity index (χ4v) is 1.69. The van der Waals surface area contributed by atoms with Gasteiger partial charge in [0.05, 0.1) is 0 Å². The largest absolute Gasteiger partial charge is 0.445 e. The summed E-state index contributed by atoms with van der Waals surface area (Å²) < 4.78 is 5.16. The Morgan fingerprint density at radius 2 is 2.06 bits per heavy atom. The van der Waals surface area contributed by atoms with Crippen LogP contribution in [0.1, 0.15) is 31.7 Å². The molecule has 3 nitrogen and oxygen atoms in total. The van der Waals surface area contributed by atoms with Crippen molar-refractivity contribution >= 4 is 6.09 Å². The Bertz CT molecular complexity index is 357. The van der Waals surface area contributed by atoms with Crippen molar-refractivity contribution in [3.05, 3.63) is 35.9 Å². The molecule has 1 aliphatic carbocycles. The van der Waals surface area contributed by atoms with Crippen LogP contribution >= 0.6 is 0 Å². The van der Waals surface area contributed by atoms with E-state index in [4.69, 9.17) is 4.74 Å². The summed E-state index contributed by atoms with van der Waals surface area (Å²) in [4.78, 5) is 11.5. The lowest BCUT2D eigenvalue weighted by atomic mass is 10.2. The number of carbonyl (C=O) groups is 1. The Hall–Kier alpha value is -1.51. The molecule has 0 atom stereocenters. The molecule has 0 unspecified atom stereocenters. The lowest BCUT2D eigenvalue weighted by molar-refractivity contribution is 0.134. The molecule has 0 spiro atoms.